The Hall–Kier alpha value is -1.99. The first-order valence-electron chi connectivity index (χ1n) is 5.23. The minimum atomic E-state index is -0.978. The number of halogens is 3. The maximum absolute atomic E-state index is 13.5. The number of nitro benzene ring substituents is 1. The SMILES string of the molecule is O=c1c(Cl)c(Cl)ncn1Cc1ccc([N+](=O)[O-])c(F)c1. The standard InChI is InChI=1S/C11H6Cl2FN3O3/c12-9-10(13)15-5-16(11(9)18)4-6-1-2-8(17(19)20)7(14)3-6/h1-3,5H,4H2. The van der Waals surface area contributed by atoms with E-state index in [0.717, 1.165) is 23.0 Å². The zero-order valence-corrected chi connectivity index (χ0v) is 11.2. The number of hydrogen-bond acceptors (Lipinski definition) is 4. The molecule has 2 aromatic rings. The van der Waals surface area contributed by atoms with Crippen molar-refractivity contribution in [1.82, 2.24) is 9.55 Å². The van der Waals surface area contributed by atoms with Crippen LogP contribution in [0.25, 0.3) is 0 Å². The summed E-state index contributed by atoms with van der Waals surface area (Å²) in [5, 5.41) is 10.1. The third kappa shape index (κ3) is 2.78. The van der Waals surface area contributed by atoms with E-state index in [2.05, 4.69) is 4.98 Å². The molecule has 0 atom stereocenters. The van der Waals surface area contributed by atoms with Gasteiger partial charge in [0.15, 0.2) is 5.15 Å². The summed E-state index contributed by atoms with van der Waals surface area (Å²) in [5.74, 6) is -0.978. The Labute approximate surface area is 121 Å². The topological polar surface area (TPSA) is 78.0 Å². The average Bonchev–Trinajstić information content (AvgIpc) is 2.39. The molecule has 1 aromatic heterocycles. The van der Waals surface area contributed by atoms with Gasteiger partial charge in [0.1, 0.15) is 5.02 Å². The van der Waals surface area contributed by atoms with Crippen LogP contribution in [-0.4, -0.2) is 14.5 Å². The first-order chi connectivity index (χ1) is 9.40. The molecule has 1 heterocycles. The second-order valence-electron chi connectivity index (χ2n) is 3.83. The number of nitrogens with zero attached hydrogens (tertiary/aromatic N) is 3. The summed E-state index contributed by atoms with van der Waals surface area (Å²) in [6, 6.07) is 3.35. The Kier molecular flexibility index (Phi) is 4.01. The Morgan fingerprint density at radius 3 is 2.70 bits per heavy atom. The second kappa shape index (κ2) is 5.56. The lowest BCUT2D eigenvalue weighted by Gasteiger charge is -2.06. The van der Waals surface area contributed by atoms with Crippen LogP contribution < -0.4 is 5.56 Å². The van der Waals surface area contributed by atoms with E-state index in [1.807, 2.05) is 0 Å². The van der Waals surface area contributed by atoms with Gasteiger partial charge in [0.25, 0.3) is 5.56 Å². The van der Waals surface area contributed by atoms with E-state index >= 15 is 0 Å². The van der Waals surface area contributed by atoms with Crippen LogP contribution in [-0.2, 0) is 6.54 Å². The van der Waals surface area contributed by atoms with E-state index in [-0.39, 0.29) is 16.7 Å². The molecule has 6 nitrogen and oxygen atoms in total. The molecule has 0 aliphatic carbocycles. The molecule has 9 heteroatoms. The van der Waals surface area contributed by atoms with Gasteiger partial charge in [0.05, 0.1) is 17.8 Å². The highest BCUT2D eigenvalue weighted by molar-refractivity contribution is 6.40. The highest BCUT2D eigenvalue weighted by atomic mass is 35.5. The van der Waals surface area contributed by atoms with Crippen molar-refractivity contribution in [2.24, 2.45) is 0 Å². The quantitative estimate of drug-likeness (QED) is 0.495. The van der Waals surface area contributed by atoms with Crippen LogP contribution in [0.1, 0.15) is 5.56 Å². The van der Waals surface area contributed by atoms with Crippen molar-refractivity contribution in [3.8, 4) is 0 Å². The minimum Gasteiger partial charge on any atom is -0.293 e. The summed E-state index contributed by atoms with van der Waals surface area (Å²) in [7, 11) is 0. The summed E-state index contributed by atoms with van der Waals surface area (Å²) in [6.07, 6.45) is 1.16. The van der Waals surface area contributed by atoms with Crippen molar-refractivity contribution in [1.29, 1.82) is 0 Å². The molecule has 0 amide bonds. The molecular weight excluding hydrogens is 312 g/mol. The van der Waals surface area contributed by atoms with Gasteiger partial charge in [0.2, 0.25) is 5.82 Å². The van der Waals surface area contributed by atoms with E-state index in [9.17, 15) is 19.3 Å². The molecule has 1 aromatic carbocycles. The molecule has 0 N–H and O–H groups in total. The van der Waals surface area contributed by atoms with Crippen molar-refractivity contribution in [3.05, 3.63) is 66.6 Å². The fourth-order valence-electron chi connectivity index (χ4n) is 1.55. The summed E-state index contributed by atoms with van der Waals surface area (Å²) < 4.78 is 14.6. The molecule has 0 saturated heterocycles. The van der Waals surface area contributed by atoms with Crippen LogP contribution in [0.2, 0.25) is 10.2 Å². The van der Waals surface area contributed by atoms with Crippen LogP contribution in [0.15, 0.2) is 29.3 Å². The fraction of sp³-hybridized carbons (Fsp3) is 0.0909. The van der Waals surface area contributed by atoms with Crippen LogP contribution in [0.3, 0.4) is 0 Å². The second-order valence-corrected chi connectivity index (χ2v) is 4.56. The predicted molar refractivity (Wildman–Crippen MR) is 70.7 cm³/mol. The number of rotatable bonds is 3. The van der Waals surface area contributed by atoms with E-state index in [1.165, 1.54) is 6.07 Å². The molecule has 0 unspecified atom stereocenters. The Morgan fingerprint density at radius 1 is 1.40 bits per heavy atom. The maximum Gasteiger partial charge on any atom is 0.304 e. The molecule has 0 bridgehead atoms. The average molecular weight is 318 g/mol. The van der Waals surface area contributed by atoms with Gasteiger partial charge >= 0.3 is 5.69 Å². The highest BCUT2D eigenvalue weighted by Gasteiger charge is 2.14. The molecule has 0 radical (unpaired) electrons. The molecule has 20 heavy (non-hydrogen) atoms. The van der Waals surface area contributed by atoms with Crippen molar-refractivity contribution in [2.45, 2.75) is 6.54 Å². The number of aromatic nitrogens is 2. The smallest absolute Gasteiger partial charge is 0.293 e. The summed E-state index contributed by atoms with van der Waals surface area (Å²) >= 11 is 11.2. The lowest BCUT2D eigenvalue weighted by molar-refractivity contribution is -0.387. The Morgan fingerprint density at radius 2 is 2.10 bits per heavy atom. The van der Waals surface area contributed by atoms with Gasteiger partial charge in [-0.25, -0.2) is 4.98 Å². The number of nitro groups is 1. The van der Waals surface area contributed by atoms with Crippen LogP contribution in [0.5, 0.6) is 0 Å². The van der Waals surface area contributed by atoms with Crippen LogP contribution in [0, 0.1) is 15.9 Å². The van der Waals surface area contributed by atoms with Crippen molar-refractivity contribution >= 4 is 28.9 Å². The summed E-state index contributed by atoms with van der Waals surface area (Å²) in [5.41, 5.74) is -0.853. The number of hydrogen-bond donors (Lipinski definition) is 0. The van der Waals surface area contributed by atoms with E-state index in [4.69, 9.17) is 23.2 Å². The number of benzene rings is 1. The summed E-state index contributed by atoms with van der Waals surface area (Å²) in [4.78, 5) is 25.1. The zero-order chi connectivity index (χ0) is 14.9. The van der Waals surface area contributed by atoms with Gasteiger partial charge < -0.3 is 0 Å². The zero-order valence-electron chi connectivity index (χ0n) is 9.72. The summed E-state index contributed by atoms with van der Waals surface area (Å²) in [6.45, 7) is -0.0301. The molecule has 0 saturated carbocycles. The Balaban J connectivity index is 2.36. The van der Waals surface area contributed by atoms with E-state index in [0.29, 0.717) is 5.56 Å². The molecule has 2 rings (SSSR count). The van der Waals surface area contributed by atoms with Gasteiger partial charge in [0, 0.05) is 6.07 Å². The molecular formula is C11H6Cl2FN3O3. The molecule has 104 valence electrons. The van der Waals surface area contributed by atoms with Crippen molar-refractivity contribution < 1.29 is 9.31 Å². The normalized spacial score (nSPS) is 10.6. The monoisotopic (exact) mass is 317 g/mol. The highest BCUT2D eigenvalue weighted by Crippen LogP contribution is 2.19. The lowest BCUT2D eigenvalue weighted by Crippen LogP contribution is -2.21. The van der Waals surface area contributed by atoms with Gasteiger partial charge in [-0.1, -0.05) is 29.3 Å². The first kappa shape index (κ1) is 14.4. The van der Waals surface area contributed by atoms with Crippen molar-refractivity contribution in [2.75, 3.05) is 0 Å². The van der Waals surface area contributed by atoms with Crippen LogP contribution in [0.4, 0.5) is 10.1 Å². The fourth-order valence-corrected chi connectivity index (χ4v) is 1.83. The predicted octanol–water partition coefficient (Wildman–Crippen LogP) is 2.65. The first-order valence-corrected chi connectivity index (χ1v) is 5.99. The molecule has 0 aliphatic heterocycles. The van der Waals surface area contributed by atoms with E-state index in [1.54, 1.807) is 0 Å². The maximum atomic E-state index is 13.5. The van der Waals surface area contributed by atoms with Crippen molar-refractivity contribution in [3.63, 3.8) is 0 Å². The van der Waals surface area contributed by atoms with Crippen LogP contribution >= 0.6 is 23.2 Å². The van der Waals surface area contributed by atoms with Gasteiger partial charge in [-0.05, 0) is 11.6 Å². The Bertz CT molecular complexity index is 748. The molecule has 0 fully saturated rings. The third-order valence-corrected chi connectivity index (χ3v) is 3.23. The largest absolute Gasteiger partial charge is 0.304 e. The minimum absolute atomic E-state index is 0.0301. The van der Waals surface area contributed by atoms with Gasteiger partial charge in [-0.2, -0.15) is 4.39 Å². The lowest BCUT2D eigenvalue weighted by atomic mass is 10.2. The molecule has 0 aliphatic rings. The third-order valence-electron chi connectivity index (χ3n) is 2.50. The van der Waals surface area contributed by atoms with Gasteiger partial charge in [-0.15, -0.1) is 0 Å². The molecule has 0 spiro atoms. The van der Waals surface area contributed by atoms with Gasteiger partial charge in [-0.3, -0.25) is 19.5 Å². The van der Waals surface area contributed by atoms with E-state index < -0.39 is 22.0 Å².